The third-order valence-electron chi connectivity index (χ3n) is 1.70. The van der Waals surface area contributed by atoms with Gasteiger partial charge in [0.25, 0.3) is 5.91 Å². The first-order valence-corrected chi connectivity index (χ1v) is 3.85. The molecule has 0 N–H and O–H groups in total. The fourth-order valence-electron chi connectivity index (χ4n) is 0.903. The van der Waals surface area contributed by atoms with Gasteiger partial charge in [-0.25, -0.2) is 0 Å². The molecule has 1 amide bonds. The molecule has 0 bridgehead atoms. The Kier molecular flexibility index (Phi) is 5970. The number of hydrogen-bond donors (Lipinski definition) is 0. The van der Waals surface area contributed by atoms with Gasteiger partial charge in [0.2, 0.25) is 0 Å². The Morgan fingerprint density at radius 3 is 0.232 bits per heavy atom. The van der Waals surface area contributed by atoms with Gasteiger partial charge in [0.1, 0.15) is 0 Å². The Morgan fingerprint density at radius 2 is 0.188 bits per heavy atom. The van der Waals surface area contributed by atoms with Crippen molar-refractivity contribution in [2.45, 2.75) is 0 Å². The van der Waals surface area contributed by atoms with E-state index in [4.69, 9.17) is 0 Å². The predicted molar refractivity (Wildman–Crippen MR) is 55.2 cm³/mol. The molecule has 447 valence electrons. The van der Waals surface area contributed by atoms with Gasteiger partial charge in [-0.3, -0.25) is 4.79 Å². The summed E-state index contributed by atoms with van der Waals surface area (Å²) in [4.78, 5) is 13.0. The molecule has 0 aliphatic carbocycles. The molecule has 0 unspecified atom stereocenters. The maximum absolute atomic E-state index is 11.5. The van der Waals surface area contributed by atoms with Gasteiger partial charge in [0.15, 0.2) is 0 Å². The molecule has 0 aliphatic heterocycles. The van der Waals surface area contributed by atoms with Crippen LogP contribution in [0.4, 0.5) is 0 Å². The molecule has 0 fully saturated rings. The van der Waals surface area contributed by atoms with Crippen molar-refractivity contribution in [3.05, 3.63) is 50.2 Å². The van der Waals surface area contributed by atoms with Crippen LogP contribution in [-0.4, -0.2) is 24.4 Å². The summed E-state index contributed by atoms with van der Waals surface area (Å²) in [5, 5.41) is 0. The molecule has 0 aromatic heterocycles. The van der Waals surface area contributed by atoms with Crippen LogP contribution in [0.25, 0.3) is 0 Å². The van der Waals surface area contributed by atoms with E-state index in [0.717, 1.165) is 0 Å². The van der Waals surface area contributed by atoms with Gasteiger partial charge in [0.05, 0.1) is 0 Å². The number of benzene rings is 1. The van der Waals surface area contributed by atoms with Crippen LogP contribution in [0.15, 0.2) is 30.3 Å². The van der Waals surface area contributed by atoms with Crippen LogP contribution in [0.5, 0.6) is 0 Å². The predicted octanol–water partition coefficient (Wildman–Crippen LogP) is 1.73. The summed E-state index contributed by atoms with van der Waals surface area (Å²) < 4.78 is 0. The quantitative estimate of drug-likeness (QED) is 0.414. The molecule has 138 heavy (non-hydrogen) atoms. The number of carbonyl (C=O) groups is 1. The Labute approximate surface area is 4000 Å². The first-order chi connectivity index (χ1) is 5.75. The number of amides is 1. The largest absolute Gasteiger partial charge is 0.372 e. The molecular formula is C11H15NOY125-2. The van der Waals surface area contributed by atoms with Crippen LogP contribution in [0.1, 0.15) is 10.4 Å². The molecule has 0 saturated carbocycles. The second-order valence-corrected chi connectivity index (χ2v) is 2.59. The normalized spacial score (nSPS) is 0.826. The minimum absolute atomic E-state index is 0. The van der Waals surface area contributed by atoms with E-state index in [0.29, 0.717) is 12.1 Å². The van der Waals surface area contributed by atoms with E-state index in [1.165, 1.54) is 0 Å². The SMILES string of the molecule is [CH2-]CN(C)C(=O)c1ccccc1.[CH3-].[Y].[Y].[Y].[Y].[Y].[Y].[Y].[Y].[Y].[Y].[Y].[Y].[Y].[Y].[Y].[Y].[Y].[Y].[Y].[Y].[Y].[Y].[Y].[Y].[Y].[Y].[Y].[Y].[Y].[Y].[Y].[Y].[Y].[Y].[Y].[Y].[Y].[Y].[Y].[Y].[Y].[Y].[Y].[Y].[Y].[Y].[Y].[Y].[Y].[Y].[Y].[Y].[Y].[Y].[Y].[Y].[Y].[Y].[Y].[Y].[Y].[Y].[Y].[Y].[Y].[Y].[Y].[Y].[Y].[Y].[Y].[Y].[Y].[Y].[Y].[Y].[Y].[Y].[Y].[Y].[Y].[Y].[Y].[Y].[Y].[Y].[Y].[Y].[Y].[Y].[Y].[Y].[Y].[Y].[Y].[Y].[Y].[Y].[Y].[Y].[Y].[Y].[Y].[Y].[Y].[Y].[Y].[Y].[Y].[Y].[Y].[Y].[Y].[Y].[Y].[Y].[Y].[Y].[Y].[Y].[Y].[Y].[Y].[Y].[Y]. The van der Waals surface area contributed by atoms with Gasteiger partial charge in [0, 0.05) is 4100 Å². The number of hydrogen-bond acceptors (Lipinski definition) is 1. The van der Waals surface area contributed by atoms with Crippen LogP contribution in [0, 0.1) is 14.4 Å². The van der Waals surface area contributed by atoms with Crippen molar-refractivity contribution in [3.8, 4) is 0 Å². The van der Waals surface area contributed by atoms with E-state index in [1.54, 1.807) is 24.1 Å². The fourth-order valence-corrected chi connectivity index (χ4v) is 0.903. The van der Waals surface area contributed by atoms with Gasteiger partial charge in [-0.15, -0.1) is 6.54 Å². The summed E-state index contributed by atoms with van der Waals surface area (Å²) >= 11 is 0. The van der Waals surface area contributed by atoms with Crippen molar-refractivity contribution in [1.82, 2.24) is 4.90 Å². The minimum atomic E-state index is 0. The van der Waals surface area contributed by atoms with Crippen molar-refractivity contribution in [2.24, 2.45) is 0 Å². The van der Waals surface area contributed by atoms with Crippen molar-refractivity contribution < 1.29 is 4090 Å². The standard InChI is InChI=1S/C10H12NO.CH3.125Y/c1-3-11(2)10(12)9-7-5-4-6-8-9;;;;;;;;;;;;;;;;;;;;;;;;;;;;;;;;;;;;;;;;;;;;;;;;;;;;;;;;;;;;;;;;;;;;;;;;;;;;;;;;;;;;;;;;;;;;;;;;;;;;;;;;;;;;;;;;;;;;;;;;;;;;;;/h4-8H,1,3H2,2H3;1H3;;;;;;;;;;;;;;;;;;;;;;;;;;;;;;;;;;;;;;;;;;;;;;;;;;;;;;;;;;;;;;;;;;;;;;;;;;;;;;;;;;;;;;;;;;;;;;;;;;;;;;;;;;;;;;;;;;;;;;;;;;;;;/q2*-1;;;;;;;;;;;;;;;;;;;;;;;;;;;;;;;;;;;;;;;;;;;;;;;;;;;;;;;;;;;;;;;;;;;;;;;;;;;;;;;;;;;;;;;;;;;;;;;;;;;;;;;;;;;;;;;;;;;;;;;;;;;;;. The molecule has 2 nitrogen and oxygen atoms in total. The van der Waals surface area contributed by atoms with Gasteiger partial charge >= 0.3 is 0 Å². The average Bonchev–Trinajstić information content (AvgIpc) is 2.17. The van der Waals surface area contributed by atoms with Crippen LogP contribution in [0.2, 0.25) is 0 Å². The van der Waals surface area contributed by atoms with E-state index in [9.17, 15) is 4.79 Å². The molecule has 0 atom stereocenters. The van der Waals surface area contributed by atoms with Gasteiger partial charge in [-0.1, -0.05) is 18.2 Å². The number of carbonyl (C=O) groups excluding carboxylic acids is 1. The topological polar surface area (TPSA) is 20.3 Å². The van der Waals surface area contributed by atoms with E-state index < -0.39 is 0 Å². The number of rotatable bonds is 2. The molecule has 0 heterocycles. The third kappa shape index (κ3) is 841. The van der Waals surface area contributed by atoms with Crippen LogP contribution in [0.3, 0.4) is 0 Å². The van der Waals surface area contributed by atoms with Crippen LogP contribution < -0.4 is 0 Å². The van der Waals surface area contributed by atoms with Crippen molar-refractivity contribution in [1.29, 1.82) is 0 Å². The molecular weight excluding hydrogens is 11300 g/mol. The molecule has 125 radical (unpaired) electrons. The smallest absolute Gasteiger partial charge is 0.251 e. The average molecular weight is 11300 g/mol. The molecule has 127 heteroatoms. The molecule has 0 spiro atoms. The van der Waals surface area contributed by atoms with E-state index in [-0.39, 0.29) is 4100 Å². The summed E-state index contributed by atoms with van der Waals surface area (Å²) in [6.07, 6.45) is 0. The maximum atomic E-state index is 11.5. The molecule has 1 aromatic carbocycles. The van der Waals surface area contributed by atoms with Gasteiger partial charge in [-0.05, 0) is 12.1 Å². The molecule has 0 saturated heterocycles. The van der Waals surface area contributed by atoms with Crippen LogP contribution >= 0.6 is 0 Å². The van der Waals surface area contributed by atoms with Crippen LogP contribution in [-0.2, 0) is 4090 Å². The van der Waals surface area contributed by atoms with Gasteiger partial charge < -0.3 is 19.3 Å². The van der Waals surface area contributed by atoms with E-state index in [2.05, 4.69) is 6.92 Å². The molecule has 1 rings (SSSR count). The summed E-state index contributed by atoms with van der Waals surface area (Å²) in [6, 6.07) is 9.19. The van der Waals surface area contributed by atoms with E-state index in [1.807, 2.05) is 18.2 Å². The zero-order valence-corrected chi connectivity index (χ0v) is 435. The number of nitrogens with zero attached hydrogens (tertiary/aromatic N) is 1. The first kappa shape index (κ1) is 931. The monoisotopic (exact) mass is 11300 g/mol. The Hall–Kier alpha value is 137. The summed E-state index contributed by atoms with van der Waals surface area (Å²) in [5.74, 6) is 0.0191. The summed E-state index contributed by atoms with van der Waals surface area (Å²) in [7, 11) is 1.74. The molecule has 1 aromatic rings. The second kappa shape index (κ2) is 884. The Morgan fingerprint density at radius 1 is 0.138 bits per heavy atom. The second-order valence-electron chi connectivity index (χ2n) is 2.59. The zero-order valence-electron chi connectivity index (χ0n) is 80.3. The maximum Gasteiger partial charge on any atom is 0.251 e. The Bertz CT molecular complexity index is 318. The van der Waals surface area contributed by atoms with Gasteiger partial charge in [-0.2, -0.15) is 0 Å². The van der Waals surface area contributed by atoms with Crippen molar-refractivity contribution in [3.63, 3.8) is 0 Å². The van der Waals surface area contributed by atoms with Crippen molar-refractivity contribution >= 4 is 5.91 Å². The summed E-state index contributed by atoms with van der Waals surface area (Å²) in [5.41, 5.74) is 0.712. The molecule has 0 aliphatic rings. The Balaban J connectivity index is -0.0000000000922. The minimum Gasteiger partial charge on any atom is -0.372 e. The van der Waals surface area contributed by atoms with E-state index >= 15 is 0 Å². The fraction of sp³-hybridized carbons (Fsp3) is 0.182. The first-order valence-electron chi connectivity index (χ1n) is 3.85. The third-order valence-corrected chi connectivity index (χ3v) is 1.70. The van der Waals surface area contributed by atoms with Crippen molar-refractivity contribution in [2.75, 3.05) is 13.6 Å². The zero-order chi connectivity index (χ0) is 8.97. The summed E-state index contributed by atoms with van der Waals surface area (Å²) in [6.45, 7) is 4.13.